The van der Waals surface area contributed by atoms with E-state index in [-0.39, 0.29) is 18.0 Å². The van der Waals surface area contributed by atoms with Gasteiger partial charge in [0.1, 0.15) is 12.2 Å². The van der Waals surface area contributed by atoms with E-state index < -0.39 is 24.4 Å². The zero-order valence-corrected chi connectivity index (χ0v) is 7.07. The molecular weight excluding hydrogens is 178 g/mol. The molecule has 0 heterocycles. The summed E-state index contributed by atoms with van der Waals surface area (Å²) < 4.78 is 7.01. The molecule has 0 saturated carbocycles. The molecule has 0 rings (SSSR count). The Hall–Kier alpha value is -0.980. The Morgan fingerprint density at radius 3 is 2.23 bits per heavy atom. The Morgan fingerprint density at radius 1 is 1.38 bits per heavy atom. The maximum atomic E-state index is 10.2. The molecular formula is C7H13NO5. The Labute approximate surface area is 76.6 Å². The van der Waals surface area contributed by atoms with Crippen molar-refractivity contribution in [2.45, 2.75) is 31.3 Å². The van der Waals surface area contributed by atoms with Gasteiger partial charge in [-0.05, 0) is 6.92 Å². The molecule has 0 saturated heterocycles. The van der Waals surface area contributed by atoms with Crippen LogP contribution in [0.25, 0.3) is 0 Å². The molecule has 0 aromatic rings. The molecule has 0 aromatic heterocycles. The first-order chi connectivity index (χ1) is 6.45. The lowest BCUT2D eigenvalue weighted by molar-refractivity contribution is -0.122. The Morgan fingerprint density at radius 2 is 1.92 bits per heavy atom. The van der Waals surface area contributed by atoms with Gasteiger partial charge in [-0.2, -0.15) is 0 Å². The minimum Gasteiger partial charge on any atom is -0.391 e. The summed E-state index contributed by atoms with van der Waals surface area (Å²) in [6, 6.07) is -1.47. The van der Waals surface area contributed by atoms with Gasteiger partial charge in [0, 0.05) is 0 Å². The second kappa shape index (κ2) is 5.63. The number of nitrogens with one attached hydrogen (secondary N) is 1. The SMILES string of the molecule is [2H]N(C=O)[C@@H]([C@H](O)[C@@H](C)O)[C@@H](O)C=O. The molecule has 1 amide bonds. The van der Waals surface area contributed by atoms with Gasteiger partial charge in [0.05, 0.1) is 12.1 Å². The van der Waals surface area contributed by atoms with E-state index in [1.165, 1.54) is 6.92 Å². The number of aliphatic hydroxyl groups excluding tert-OH is 3. The average molecular weight is 192 g/mol. The van der Waals surface area contributed by atoms with Gasteiger partial charge in [0.25, 0.3) is 0 Å². The van der Waals surface area contributed by atoms with Crippen LogP contribution in [0, 0.1) is 0 Å². The number of carbonyl (C=O) groups excluding carboxylic acids is 2. The lowest BCUT2D eigenvalue weighted by atomic mass is 10.0. The molecule has 0 aliphatic carbocycles. The highest BCUT2D eigenvalue weighted by Gasteiger charge is 2.29. The van der Waals surface area contributed by atoms with E-state index in [1.54, 1.807) is 0 Å². The number of aliphatic hydroxyl groups is 3. The summed E-state index contributed by atoms with van der Waals surface area (Å²) >= 11 is 0. The maximum absolute atomic E-state index is 10.2. The zero-order chi connectivity index (χ0) is 11.3. The standard InChI is InChI=1S/C7H13NO5/c1-4(11)7(13)6(8-3-10)5(12)2-9/h2-7,11-13H,1H3,(H,8,10)/t4-,5+,6-,7-/m1/s1/i/hD. The molecule has 0 unspecified atom stereocenters. The lowest BCUT2D eigenvalue weighted by Gasteiger charge is -2.25. The molecule has 13 heavy (non-hydrogen) atoms. The first kappa shape index (κ1) is 10.1. The number of rotatable bonds is 6. The summed E-state index contributed by atoms with van der Waals surface area (Å²) in [6.07, 6.45) is -4.41. The number of aldehydes is 1. The van der Waals surface area contributed by atoms with Gasteiger partial charge in [-0.3, -0.25) is 4.79 Å². The molecule has 4 N–H and O–H groups in total. The third-order valence-electron chi connectivity index (χ3n) is 1.57. The molecule has 76 valence electrons. The second-order valence-corrected chi connectivity index (χ2v) is 2.60. The fourth-order valence-electron chi connectivity index (χ4n) is 0.815. The summed E-state index contributed by atoms with van der Waals surface area (Å²) in [6.45, 7) is 1.22. The van der Waals surface area contributed by atoms with E-state index in [2.05, 4.69) is 0 Å². The van der Waals surface area contributed by atoms with Crippen LogP contribution >= 0.6 is 0 Å². The highest BCUT2D eigenvalue weighted by molar-refractivity contribution is 5.59. The summed E-state index contributed by atoms with van der Waals surface area (Å²) in [5.41, 5.74) is 0. The van der Waals surface area contributed by atoms with E-state index >= 15 is 0 Å². The van der Waals surface area contributed by atoms with Gasteiger partial charge in [-0.15, -0.1) is 0 Å². The van der Waals surface area contributed by atoms with Crippen molar-refractivity contribution in [3.05, 3.63) is 0 Å². The number of carbonyl (C=O) groups is 2. The van der Waals surface area contributed by atoms with Gasteiger partial charge < -0.3 is 25.4 Å². The van der Waals surface area contributed by atoms with Crippen LogP contribution in [0.4, 0.5) is 0 Å². The van der Waals surface area contributed by atoms with Crippen molar-refractivity contribution < 1.29 is 26.3 Å². The molecule has 6 heteroatoms. The zero-order valence-electron chi connectivity index (χ0n) is 8.07. The summed E-state index contributed by atoms with van der Waals surface area (Å²) in [4.78, 5) is 20.4. The largest absolute Gasteiger partial charge is 0.391 e. The molecule has 0 radical (unpaired) electrons. The van der Waals surface area contributed by atoms with Crippen LogP contribution in [0.3, 0.4) is 0 Å². The van der Waals surface area contributed by atoms with Crippen molar-refractivity contribution in [1.82, 2.24) is 5.31 Å². The number of amides is 1. The van der Waals surface area contributed by atoms with Crippen LogP contribution in [0.5, 0.6) is 0 Å². The molecule has 0 aromatic carbocycles. The smallest absolute Gasteiger partial charge is 0.207 e. The van der Waals surface area contributed by atoms with Gasteiger partial charge in [0.2, 0.25) is 6.41 Å². The maximum Gasteiger partial charge on any atom is 0.207 e. The molecule has 4 atom stereocenters. The first-order valence-corrected chi connectivity index (χ1v) is 3.67. The predicted molar refractivity (Wildman–Crippen MR) is 42.7 cm³/mol. The Kier molecular flexibility index (Phi) is 4.37. The topological polar surface area (TPSA) is 107 Å². The van der Waals surface area contributed by atoms with Crippen LogP contribution in [0.1, 0.15) is 6.92 Å². The van der Waals surface area contributed by atoms with Gasteiger partial charge in [-0.1, -0.05) is 0 Å². The fourth-order valence-corrected chi connectivity index (χ4v) is 0.815. The fraction of sp³-hybridized carbons (Fsp3) is 0.714. The first-order valence-electron chi connectivity index (χ1n) is 4.12. The van der Waals surface area contributed by atoms with E-state index in [0.717, 1.165) is 0 Å². The minimum atomic E-state index is -1.71. The Bertz CT molecular complexity index is 187. The third kappa shape index (κ3) is 3.49. The van der Waals surface area contributed by atoms with Crippen molar-refractivity contribution in [3.63, 3.8) is 0 Å². The molecule has 0 bridgehead atoms. The third-order valence-corrected chi connectivity index (χ3v) is 1.57. The molecule has 0 aliphatic rings. The summed E-state index contributed by atoms with van der Waals surface area (Å²) in [5.74, 6) is 0. The van der Waals surface area contributed by atoms with Crippen LogP contribution < -0.4 is 5.31 Å². The van der Waals surface area contributed by atoms with Crippen molar-refractivity contribution in [3.8, 4) is 0 Å². The Balaban J connectivity index is 4.70. The van der Waals surface area contributed by atoms with Gasteiger partial charge in [0.15, 0.2) is 7.70 Å². The molecule has 0 fully saturated rings. The number of hydrogen-bond donors (Lipinski definition) is 4. The number of hydrogen-bond acceptors (Lipinski definition) is 5. The average Bonchev–Trinajstić information content (AvgIpc) is 2.16. The van der Waals surface area contributed by atoms with Crippen molar-refractivity contribution in [2.24, 2.45) is 0 Å². The van der Waals surface area contributed by atoms with Crippen molar-refractivity contribution >= 4 is 12.7 Å². The van der Waals surface area contributed by atoms with E-state index in [4.69, 9.17) is 11.6 Å². The second-order valence-electron chi connectivity index (χ2n) is 2.60. The normalized spacial score (nSPS) is 20.8. The molecule has 0 spiro atoms. The van der Waals surface area contributed by atoms with Crippen molar-refractivity contribution in [2.75, 3.05) is 0 Å². The van der Waals surface area contributed by atoms with E-state index in [9.17, 15) is 14.7 Å². The highest BCUT2D eigenvalue weighted by atomic mass is 16.3. The quantitative estimate of drug-likeness (QED) is 0.345. The van der Waals surface area contributed by atoms with Crippen LogP contribution in [-0.2, 0) is 9.59 Å². The van der Waals surface area contributed by atoms with Crippen LogP contribution in [0.15, 0.2) is 0 Å². The van der Waals surface area contributed by atoms with Gasteiger partial charge >= 0.3 is 0 Å². The predicted octanol–water partition coefficient (Wildman–Crippen LogP) is -2.60. The lowest BCUT2D eigenvalue weighted by Crippen LogP contribution is -2.52. The van der Waals surface area contributed by atoms with Crippen LogP contribution in [-0.4, -0.2) is 52.4 Å². The van der Waals surface area contributed by atoms with Crippen molar-refractivity contribution in [1.29, 1.82) is 0 Å². The molecule has 6 nitrogen and oxygen atoms in total. The monoisotopic (exact) mass is 192 g/mol. The van der Waals surface area contributed by atoms with E-state index in [0.29, 0.717) is 0 Å². The van der Waals surface area contributed by atoms with Crippen LogP contribution in [0.2, 0.25) is 1.41 Å². The minimum absolute atomic E-state index is 0.0307. The molecule has 0 aliphatic heterocycles. The van der Waals surface area contributed by atoms with E-state index in [1.807, 2.05) is 0 Å². The highest BCUT2D eigenvalue weighted by Crippen LogP contribution is 2.02. The summed E-state index contributed by atoms with van der Waals surface area (Å²) in [5, 5.41) is 27.5. The van der Waals surface area contributed by atoms with Gasteiger partial charge in [-0.25, -0.2) is 0 Å². The summed E-state index contributed by atoms with van der Waals surface area (Å²) in [7, 11) is 0.